The Bertz CT molecular complexity index is 245. The average molecular weight is 211 g/mol. The second kappa shape index (κ2) is 6.26. The highest BCUT2D eigenvalue weighted by molar-refractivity contribution is 5.85. The third-order valence-corrected chi connectivity index (χ3v) is 1.10. The zero-order chi connectivity index (χ0) is 9.61. The molecule has 1 aromatic rings. The summed E-state index contributed by atoms with van der Waals surface area (Å²) in [5.74, 6) is 0. The van der Waals surface area contributed by atoms with E-state index in [1.807, 2.05) is 0 Å². The van der Waals surface area contributed by atoms with Gasteiger partial charge in [-0.1, -0.05) is 30.3 Å². The summed E-state index contributed by atoms with van der Waals surface area (Å²) in [4.78, 5) is 0. The lowest BCUT2D eigenvalue weighted by atomic mass is 10.2. The number of nitrogens with zero attached hydrogens (tertiary/aromatic N) is 2. The first-order valence-corrected chi connectivity index (χ1v) is 2.93. The molecule has 0 amide bonds. The van der Waals surface area contributed by atoms with E-state index >= 15 is 0 Å². The van der Waals surface area contributed by atoms with Crippen LogP contribution >= 0.6 is 12.4 Å². The van der Waals surface area contributed by atoms with Crippen molar-refractivity contribution in [2.24, 2.45) is 0 Å². The molecule has 0 saturated heterocycles. The van der Waals surface area contributed by atoms with Crippen LogP contribution in [0.1, 0.15) is 5.56 Å². The standard InChI is InChI=1S/C7H5F3.ClH.N2/c8-7(9,10)6-4-2-1-3-5-6;;1-2/h1-5H;1H;. The second-order valence-electron chi connectivity index (χ2n) is 1.86. The van der Waals surface area contributed by atoms with Crippen molar-refractivity contribution in [3.8, 4) is 0 Å². The van der Waals surface area contributed by atoms with Gasteiger partial charge in [-0.05, 0) is 0 Å². The van der Waals surface area contributed by atoms with Gasteiger partial charge in [-0.2, -0.15) is 13.2 Å². The minimum absolute atomic E-state index is 0. The van der Waals surface area contributed by atoms with Crippen LogP contribution in [0.3, 0.4) is 0 Å². The van der Waals surface area contributed by atoms with Gasteiger partial charge in [0.1, 0.15) is 0 Å². The highest BCUT2D eigenvalue weighted by Crippen LogP contribution is 2.28. The Kier molecular flexibility index (Phi) is 6.86. The molecule has 0 aliphatic carbocycles. The van der Waals surface area contributed by atoms with E-state index in [1.54, 1.807) is 6.07 Å². The lowest BCUT2D eigenvalue weighted by Crippen LogP contribution is -2.03. The van der Waals surface area contributed by atoms with Crippen LogP contribution in [0.4, 0.5) is 13.2 Å². The SMILES string of the molecule is Cl.FC(F)(F)c1ccccc1.N#N. The molecule has 6 heteroatoms. The van der Waals surface area contributed by atoms with Gasteiger partial charge in [0.05, 0.1) is 5.56 Å². The van der Waals surface area contributed by atoms with E-state index in [9.17, 15) is 13.2 Å². The van der Waals surface area contributed by atoms with Gasteiger partial charge < -0.3 is 0 Å². The summed E-state index contributed by atoms with van der Waals surface area (Å²) in [6.07, 6.45) is -4.21. The summed E-state index contributed by atoms with van der Waals surface area (Å²) < 4.78 is 35.4. The second-order valence-corrected chi connectivity index (χ2v) is 1.86. The van der Waals surface area contributed by atoms with Gasteiger partial charge in [0.2, 0.25) is 0 Å². The highest BCUT2D eigenvalue weighted by Gasteiger charge is 2.29. The minimum Gasteiger partial charge on any atom is -0.166 e. The summed E-state index contributed by atoms with van der Waals surface area (Å²) in [7, 11) is 0. The molecule has 0 radical (unpaired) electrons. The van der Waals surface area contributed by atoms with Crippen LogP contribution in [0, 0.1) is 10.8 Å². The molecule has 0 saturated carbocycles. The number of halogens is 4. The Labute approximate surface area is 79.2 Å². The molecule has 0 N–H and O–H groups in total. The fraction of sp³-hybridized carbons (Fsp3) is 0.143. The van der Waals surface area contributed by atoms with Gasteiger partial charge in [0.25, 0.3) is 0 Å². The van der Waals surface area contributed by atoms with E-state index in [0.717, 1.165) is 12.1 Å². The summed E-state index contributed by atoms with van der Waals surface area (Å²) in [5.41, 5.74) is -0.602. The lowest BCUT2D eigenvalue weighted by molar-refractivity contribution is -0.137. The molecule has 0 aliphatic heterocycles. The fourth-order valence-electron chi connectivity index (χ4n) is 0.627. The van der Waals surface area contributed by atoms with Crippen molar-refractivity contribution >= 4 is 12.4 Å². The van der Waals surface area contributed by atoms with Gasteiger partial charge in [-0.25, -0.2) is 0 Å². The molecule has 0 bridgehead atoms. The predicted molar refractivity (Wildman–Crippen MR) is 42.1 cm³/mol. The maximum atomic E-state index is 11.8. The minimum atomic E-state index is -4.21. The number of alkyl halides is 3. The molecular weight excluding hydrogens is 205 g/mol. The fourth-order valence-corrected chi connectivity index (χ4v) is 0.627. The molecule has 0 fully saturated rings. The first-order chi connectivity index (χ1) is 5.61. The molecule has 0 unspecified atom stereocenters. The van der Waals surface area contributed by atoms with E-state index in [0.29, 0.717) is 0 Å². The van der Waals surface area contributed by atoms with Crippen molar-refractivity contribution in [2.45, 2.75) is 6.18 Å². The Balaban J connectivity index is 0. The van der Waals surface area contributed by atoms with Gasteiger partial charge >= 0.3 is 6.18 Å². The molecule has 2 nitrogen and oxygen atoms in total. The number of rotatable bonds is 0. The van der Waals surface area contributed by atoms with Crippen LogP contribution in [-0.2, 0) is 6.18 Å². The van der Waals surface area contributed by atoms with Crippen molar-refractivity contribution < 1.29 is 13.2 Å². The predicted octanol–water partition coefficient (Wildman–Crippen LogP) is 3.16. The van der Waals surface area contributed by atoms with Crippen LogP contribution in [0.5, 0.6) is 0 Å². The van der Waals surface area contributed by atoms with Gasteiger partial charge in [-0.15, -0.1) is 12.4 Å². The summed E-state index contributed by atoms with van der Waals surface area (Å²) >= 11 is 0. The topological polar surface area (TPSA) is 47.6 Å². The van der Waals surface area contributed by atoms with E-state index in [1.165, 1.54) is 12.1 Å². The van der Waals surface area contributed by atoms with E-state index in [2.05, 4.69) is 0 Å². The van der Waals surface area contributed by atoms with Crippen LogP contribution in [0.2, 0.25) is 0 Å². The zero-order valence-electron chi connectivity index (χ0n) is 6.32. The van der Waals surface area contributed by atoms with Gasteiger partial charge in [0, 0.05) is 10.8 Å². The molecular formula is C7H6ClF3N2. The van der Waals surface area contributed by atoms with Gasteiger partial charge in [-0.3, -0.25) is 0 Å². The molecule has 72 valence electrons. The maximum Gasteiger partial charge on any atom is 0.416 e. The van der Waals surface area contributed by atoms with E-state index < -0.39 is 11.7 Å². The van der Waals surface area contributed by atoms with Crippen molar-refractivity contribution in [3.05, 3.63) is 35.9 Å². The van der Waals surface area contributed by atoms with E-state index in [-0.39, 0.29) is 12.4 Å². The molecule has 1 aromatic carbocycles. The number of benzene rings is 1. The van der Waals surface area contributed by atoms with E-state index in [4.69, 9.17) is 10.8 Å². The molecule has 0 aromatic heterocycles. The normalized spacial score (nSPS) is 9.00. The summed E-state index contributed by atoms with van der Waals surface area (Å²) in [6, 6.07) is 6.36. The maximum absolute atomic E-state index is 11.8. The largest absolute Gasteiger partial charge is 0.416 e. The monoisotopic (exact) mass is 210 g/mol. The first kappa shape index (κ1) is 14.3. The molecule has 1 rings (SSSR count). The molecule has 0 spiro atoms. The zero-order valence-corrected chi connectivity index (χ0v) is 7.14. The van der Waals surface area contributed by atoms with Crippen molar-refractivity contribution in [1.29, 1.82) is 10.8 Å². The average Bonchev–Trinajstić information content (AvgIpc) is 2.08. The van der Waals surface area contributed by atoms with Crippen LogP contribution < -0.4 is 0 Å². The van der Waals surface area contributed by atoms with Crippen molar-refractivity contribution in [3.63, 3.8) is 0 Å². The first-order valence-electron chi connectivity index (χ1n) is 2.93. The molecule has 0 atom stereocenters. The third-order valence-electron chi connectivity index (χ3n) is 1.10. The van der Waals surface area contributed by atoms with Crippen molar-refractivity contribution in [1.82, 2.24) is 0 Å². The Morgan fingerprint density at radius 3 is 1.54 bits per heavy atom. The summed E-state index contributed by atoms with van der Waals surface area (Å²) in [6.45, 7) is 0. The smallest absolute Gasteiger partial charge is 0.166 e. The third kappa shape index (κ3) is 5.04. The Morgan fingerprint density at radius 2 is 1.31 bits per heavy atom. The lowest BCUT2D eigenvalue weighted by Gasteiger charge is -2.03. The van der Waals surface area contributed by atoms with Crippen LogP contribution in [-0.4, -0.2) is 0 Å². The molecule has 0 heterocycles. The molecule has 0 aliphatic rings. The van der Waals surface area contributed by atoms with Crippen LogP contribution in [0.15, 0.2) is 30.3 Å². The Hall–Kier alpha value is -1.28. The Morgan fingerprint density at radius 1 is 0.923 bits per heavy atom. The number of hydrogen-bond acceptors (Lipinski definition) is 2. The van der Waals surface area contributed by atoms with Crippen molar-refractivity contribution in [2.75, 3.05) is 0 Å². The molecule has 13 heavy (non-hydrogen) atoms. The number of hydrogen-bond donors (Lipinski definition) is 0. The quantitative estimate of drug-likeness (QED) is 0.618. The van der Waals surface area contributed by atoms with Crippen LogP contribution in [0.25, 0.3) is 0 Å². The van der Waals surface area contributed by atoms with Gasteiger partial charge in [0.15, 0.2) is 0 Å². The summed E-state index contributed by atoms with van der Waals surface area (Å²) in [5, 5.41) is 12.0. The highest BCUT2D eigenvalue weighted by atomic mass is 35.5.